The van der Waals surface area contributed by atoms with Crippen LogP contribution in [0.4, 0.5) is 0 Å². The lowest BCUT2D eigenvalue weighted by Gasteiger charge is -2.16. The van der Waals surface area contributed by atoms with Crippen LogP contribution in [0.3, 0.4) is 0 Å². The third-order valence-electron chi connectivity index (χ3n) is 4.22. The monoisotopic (exact) mass is 346 g/mol. The summed E-state index contributed by atoms with van der Waals surface area (Å²) in [5.74, 6) is 2.83. The van der Waals surface area contributed by atoms with Gasteiger partial charge in [-0.05, 0) is 30.9 Å². The average Bonchev–Trinajstić information content (AvgIpc) is 3.03. The van der Waals surface area contributed by atoms with E-state index < -0.39 is 0 Å². The zero-order valence-corrected chi connectivity index (χ0v) is 14.7. The smallest absolute Gasteiger partial charge is 0.191 e. The molecule has 128 valence electrons. The van der Waals surface area contributed by atoms with Gasteiger partial charge in [0, 0.05) is 31.6 Å². The minimum absolute atomic E-state index is 0.624. The quantitative estimate of drug-likeness (QED) is 0.643. The maximum Gasteiger partial charge on any atom is 0.191 e. The SMILES string of the molecule is CN=C(NCCc1ccccc1Cl)NCc1nnc2n1CCCC2. The van der Waals surface area contributed by atoms with Gasteiger partial charge in [-0.1, -0.05) is 29.8 Å². The van der Waals surface area contributed by atoms with Crippen molar-refractivity contribution in [3.05, 3.63) is 46.5 Å². The van der Waals surface area contributed by atoms with Crippen LogP contribution in [0.15, 0.2) is 29.3 Å². The molecule has 0 spiro atoms. The van der Waals surface area contributed by atoms with Gasteiger partial charge in [0.25, 0.3) is 0 Å². The molecule has 6 nitrogen and oxygen atoms in total. The van der Waals surface area contributed by atoms with Gasteiger partial charge >= 0.3 is 0 Å². The van der Waals surface area contributed by atoms with Crippen LogP contribution in [-0.2, 0) is 25.9 Å². The van der Waals surface area contributed by atoms with Crippen molar-refractivity contribution in [2.75, 3.05) is 13.6 Å². The van der Waals surface area contributed by atoms with E-state index in [1.54, 1.807) is 7.05 Å². The number of fused-ring (bicyclic) bond motifs is 1. The number of nitrogens with one attached hydrogen (secondary N) is 2. The minimum Gasteiger partial charge on any atom is -0.356 e. The van der Waals surface area contributed by atoms with Crippen molar-refractivity contribution in [1.29, 1.82) is 0 Å². The predicted octanol–water partition coefficient (Wildman–Crippen LogP) is 2.18. The van der Waals surface area contributed by atoms with Crippen LogP contribution in [0, 0.1) is 0 Å². The minimum atomic E-state index is 0.624. The van der Waals surface area contributed by atoms with Crippen LogP contribution in [0.1, 0.15) is 30.1 Å². The van der Waals surface area contributed by atoms with Crippen molar-refractivity contribution < 1.29 is 0 Å². The highest BCUT2D eigenvalue weighted by molar-refractivity contribution is 6.31. The largest absolute Gasteiger partial charge is 0.356 e. The standard InChI is InChI=1S/C17H23ClN6/c1-19-17(20-10-9-13-6-2-3-7-14(13)18)21-12-16-23-22-15-8-4-5-11-24(15)16/h2-3,6-7H,4-5,8-12H2,1H3,(H2,19,20,21). The van der Waals surface area contributed by atoms with Gasteiger partial charge in [0.1, 0.15) is 5.82 Å². The molecular formula is C17H23ClN6. The van der Waals surface area contributed by atoms with Gasteiger partial charge in [-0.25, -0.2) is 0 Å². The van der Waals surface area contributed by atoms with Gasteiger partial charge in [-0.3, -0.25) is 4.99 Å². The Labute approximate surface area is 147 Å². The normalized spacial score (nSPS) is 14.3. The third-order valence-corrected chi connectivity index (χ3v) is 4.59. The lowest BCUT2D eigenvalue weighted by atomic mass is 10.1. The maximum absolute atomic E-state index is 6.18. The van der Waals surface area contributed by atoms with Gasteiger partial charge in [-0.2, -0.15) is 0 Å². The topological polar surface area (TPSA) is 67.1 Å². The number of guanidine groups is 1. The van der Waals surface area contributed by atoms with E-state index in [1.807, 2.05) is 24.3 Å². The molecule has 2 aromatic rings. The Hall–Kier alpha value is -2.08. The zero-order chi connectivity index (χ0) is 16.8. The molecule has 0 aliphatic carbocycles. The summed E-state index contributed by atoms with van der Waals surface area (Å²) in [6, 6.07) is 7.91. The molecule has 0 atom stereocenters. The number of benzene rings is 1. The van der Waals surface area contributed by atoms with Crippen LogP contribution in [-0.4, -0.2) is 34.3 Å². The fraction of sp³-hybridized carbons (Fsp3) is 0.471. The molecule has 1 aliphatic rings. The molecule has 0 bridgehead atoms. The van der Waals surface area contributed by atoms with Gasteiger partial charge in [-0.15, -0.1) is 10.2 Å². The lowest BCUT2D eigenvalue weighted by Crippen LogP contribution is -2.38. The molecule has 0 fully saturated rings. The summed E-state index contributed by atoms with van der Waals surface area (Å²) in [7, 11) is 1.77. The van der Waals surface area contributed by atoms with E-state index in [1.165, 1.54) is 12.8 Å². The first-order valence-electron chi connectivity index (χ1n) is 8.37. The molecule has 3 rings (SSSR count). The van der Waals surface area contributed by atoms with E-state index >= 15 is 0 Å². The van der Waals surface area contributed by atoms with Crippen LogP contribution >= 0.6 is 11.6 Å². The number of nitrogens with zero attached hydrogens (tertiary/aromatic N) is 4. The fourth-order valence-corrected chi connectivity index (χ4v) is 3.13. The van der Waals surface area contributed by atoms with Gasteiger partial charge in [0.2, 0.25) is 0 Å². The fourth-order valence-electron chi connectivity index (χ4n) is 2.90. The second-order valence-electron chi connectivity index (χ2n) is 5.84. The first-order chi connectivity index (χ1) is 11.8. The number of aromatic nitrogens is 3. The van der Waals surface area contributed by atoms with E-state index in [4.69, 9.17) is 11.6 Å². The summed E-state index contributed by atoms with van der Waals surface area (Å²) >= 11 is 6.18. The van der Waals surface area contributed by atoms with Crippen molar-refractivity contribution in [3.8, 4) is 0 Å². The summed E-state index contributed by atoms with van der Waals surface area (Å²) in [6.45, 7) is 2.40. The summed E-state index contributed by atoms with van der Waals surface area (Å²) in [4.78, 5) is 4.26. The van der Waals surface area contributed by atoms with Crippen LogP contribution in [0.2, 0.25) is 5.02 Å². The number of halogens is 1. The highest BCUT2D eigenvalue weighted by atomic mass is 35.5. The predicted molar refractivity (Wildman–Crippen MR) is 96.3 cm³/mol. The summed E-state index contributed by atoms with van der Waals surface area (Å²) < 4.78 is 2.22. The van der Waals surface area contributed by atoms with Gasteiger partial charge < -0.3 is 15.2 Å². The molecular weight excluding hydrogens is 324 g/mol. The molecule has 0 radical (unpaired) electrons. The molecule has 24 heavy (non-hydrogen) atoms. The van der Waals surface area contributed by atoms with Crippen molar-refractivity contribution in [1.82, 2.24) is 25.4 Å². The van der Waals surface area contributed by atoms with Crippen molar-refractivity contribution in [2.45, 2.75) is 38.8 Å². The molecule has 2 heterocycles. The van der Waals surface area contributed by atoms with Crippen LogP contribution in [0.5, 0.6) is 0 Å². The molecule has 2 N–H and O–H groups in total. The number of hydrogen-bond acceptors (Lipinski definition) is 3. The Kier molecular flexibility index (Phi) is 5.69. The number of hydrogen-bond donors (Lipinski definition) is 2. The number of aryl methyl sites for hydroxylation is 1. The van der Waals surface area contributed by atoms with Crippen molar-refractivity contribution >= 4 is 17.6 Å². The second-order valence-corrected chi connectivity index (χ2v) is 6.24. The van der Waals surface area contributed by atoms with E-state index in [9.17, 15) is 0 Å². The molecule has 1 aromatic heterocycles. The Morgan fingerprint density at radius 1 is 1.25 bits per heavy atom. The van der Waals surface area contributed by atoms with Crippen molar-refractivity contribution in [2.24, 2.45) is 4.99 Å². The highest BCUT2D eigenvalue weighted by Crippen LogP contribution is 2.15. The average molecular weight is 347 g/mol. The second kappa shape index (κ2) is 8.15. The third kappa shape index (κ3) is 4.06. The van der Waals surface area contributed by atoms with Gasteiger partial charge in [0.05, 0.1) is 6.54 Å². The first kappa shape index (κ1) is 16.8. The Morgan fingerprint density at radius 3 is 2.96 bits per heavy atom. The van der Waals surface area contributed by atoms with E-state index in [0.717, 1.165) is 54.1 Å². The van der Waals surface area contributed by atoms with E-state index in [0.29, 0.717) is 6.54 Å². The summed E-state index contributed by atoms with van der Waals surface area (Å²) in [5, 5.41) is 16.0. The Bertz CT molecular complexity index is 709. The molecule has 0 unspecified atom stereocenters. The summed E-state index contributed by atoms with van der Waals surface area (Å²) in [6.07, 6.45) is 4.28. The van der Waals surface area contributed by atoms with Crippen molar-refractivity contribution in [3.63, 3.8) is 0 Å². The Morgan fingerprint density at radius 2 is 2.12 bits per heavy atom. The molecule has 1 aliphatic heterocycles. The van der Waals surface area contributed by atoms with Crippen LogP contribution in [0.25, 0.3) is 0 Å². The zero-order valence-electron chi connectivity index (χ0n) is 13.9. The van der Waals surface area contributed by atoms with E-state index in [-0.39, 0.29) is 0 Å². The summed E-state index contributed by atoms with van der Waals surface area (Å²) in [5.41, 5.74) is 1.13. The van der Waals surface area contributed by atoms with E-state index in [2.05, 4.69) is 30.4 Å². The Balaban J connectivity index is 1.49. The highest BCUT2D eigenvalue weighted by Gasteiger charge is 2.15. The maximum atomic E-state index is 6.18. The molecule has 0 saturated heterocycles. The van der Waals surface area contributed by atoms with Crippen LogP contribution < -0.4 is 10.6 Å². The number of aliphatic imine (C=N–C) groups is 1. The first-order valence-corrected chi connectivity index (χ1v) is 8.74. The molecule has 1 aromatic carbocycles. The number of rotatable bonds is 5. The molecule has 0 amide bonds. The van der Waals surface area contributed by atoms with Gasteiger partial charge in [0.15, 0.2) is 11.8 Å². The molecule has 0 saturated carbocycles. The lowest BCUT2D eigenvalue weighted by molar-refractivity contribution is 0.504. The molecule has 7 heteroatoms.